The van der Waals surface area contributed by atoms with Gasteiger partial charge in [0.1, 0.15) is 5.02 Å². The lowest BCUT2D eigenvalue weighted by Crippen LogP contribution is -2.48. The van der Waals surface area contributed by atoms with E-state index in [-0.39, 0.29) is 12.1 Å². The summed E-state index contributed by atoms with van der Waals surface area (Å²) in [7, 11) is -1.57. The lowest BCUT2D eigenvalue weighted by molar-refractivity contribution is 0.155. The SMILES string of the molecule is COCCN1CCC=C2CC=C(Nc3ncc(Cl)c(N[C@@H]4CCCC[C@H]4NS(C)(=O)=O)n3)C=C2C1. The number of allylic oxidation sites excluding steroid dienone is 2. The second-order valence-corrected chi connectivity index (χ2v) is 11.6. The van der Waals surface area contributed by atoms with E-state index in [4.69, 9.17) is 16.3 Å². The number of fused-ring (bicyclic) bond motifs is 1. The number of methoxy groups -OCH3 is 1. The van der Waals surface area contributed by atoms with Crippen LogP contribution in [0.15, 0.2) is 41.3 Å². The quantitative estimate of drug-likeness (QED) is 0.453. The van der Waals surface area contributed by atoms with Gasteiger partial charge >= 0.3 is 0 Å². The number of sulfonamides is 1. The fourth-order valence-corrected chi connectivity index (χ4v) is 5.82. The molecule has 2 atom stereocenters. The van der Waals surface area contributed by atoms with Gasteiger partial charge in [-0.15, -0.1) is 0 Å². The van der Waals surface area contributed by atoms with Gasteiger partial charge < -0.3 is 15.4 Å². The predicted molar refractivity (Wildman–Crippen MR) is 140 cm³/mol. The summed E-state index contributed by atoms with van der Waals surface area (Å²) in [5.41, 5.74) is 3.62. The highest BCUT2D eigenvalue weighted by molar-refractivity contribution is 7.88. The third-order valence-corrected chi connectivity index (χ3v) is 7.59. The molecule has 0 aromatic carbocycles. The van der Waals surface area contributed by atoms with Crippen LogP contribution in [0.3, 0.4) is 0 Å². The molecule has 2 aliphatic carbocycles. The first kappa shape index (κ1) is 26.1. The van der Waals surface area contributed by atoms with Crippen molar-refractivity contribution in [3.63, 3.8) is 0 Å². The van der Waals surface area contributed by atoms with E-state index in [1.54, 1.807) is 13.3 Å². The number of hydrogen-bond acceptors (Lipinski definition) is 8. The molecule has 1 fully saturated rings. The minimum absolute atomic E-state index is 0.0912. The van der Waals surface area contributed by atoms with E-state index in [9.17, 15) is 8.42 Å². The van der Waals surface area contributed by atoms with Gasteiger partial charge in [0.25, 0.3) is 0 Å². The van der Waals surface area contributed by atoms with Crippen molar-refractivity contribution in [1.29, 1.82) is 0 Å². The second kappa shape index (κ2) is 11.8. The summed E-state index contributed by atoms with van der Waals surface area (Å²) in [6.45, 7) is 3.55. The summed E-state index contributed by atoms with van der Waals surface area (Å²) in [4.78, 5) is 11.4. The zero-order chi connectivity index (χ0) is 24.8. The van der Waals surface area contributed by atoms with Crippen LogP contribution in [0, 0.1) is 0 Å². The number of ether oxygens (including phenoxy) is 1. The molecule has 3 N–H and O–H groups in total. The lowest BCUT2D eigenvalue weighted by Gasteiger charge is -2.32. The van der Waals surface area contributed by atoms with Gasteiger partial charge in [0.15, 0.2) is 5.82 Å². The van der Waals surface area contributed by atoms with E-state index >= 15 is 0 Å². The van der Waals surface area contributed by atoms with Crippen LogP contribution in [-0.2, 0) is 14.8 Å². The summed E-state index contributed by atoms with van der Waals surface area (Å²) in [5, 5.41) is 7.10. The van der Waals surface area contributed by atoms with E-state index in [0.29, 0.717) is 16.8 Å². The molecule has 1 saturated carbocycles. The van der Waals surface area contributed by atoms with Gasteiger partial charge in [-0.25, -0.2) is 18.1 Å². The molecular weight excluding hydrogens is 488 g/mol. The van der Waals surface area contributed by atoms with Crippen LogP contribution in [0.1, 0.15) is 38.5 Å². The minimum Gasteiger partial charge on any atom is -0.383 e. The molecule has 35 heavy (non-hydrogen) atoms. The van der Waals surface area contributed by atoms with Crippen molar-refractivity contribution in [2.45, 2.75) is 50.6 Å². The third-order valence-electron chi connectivity index (χ3n) is 6.58. The van der Waals surface area contributed by atoms with Gasteiger partial charge in [0, 0.05) is 44.5 Å². The van der Waals surface area contributed by atoms with Gasteiger partial charge in [0.2, 0.25) is 16.0 Å². The number of rotatable bonds is 9. The lowest BCUT2D eigenvalue weighted by atomic mass is 9.91. The maximum atomic E-state index is 11.8. The van der Waals surface area contributed by atoms with E-state index in [1.807, 2.05) is 0 Å². The number of aromatic nitrogens is 2. The van der Waals surface area contributed by atoms with Crippen molar-refractivity contribution in [3.8, 4) is 0 Å². The highest BCUT2D eigenvalue weighted by Gasteiger charge is 2.28. The van der Waals surface area contributed by atoms with E-state index in [0.717, 1.165) is 70.5 Å². The van der Waals surface area contributed by atoms with Crippen molar-refractivity contribution in [2.75, 3.05) is 50.2 Å². The zero-order valence-corrected chi connectivity index (χ0v) is 22.0. The van der Waals surface area contributed by atoms with Crippen molar-refractivity contribution >= 4 is 33.4 Å². The Morgan fingerprint density at radius 2 is 2.00 bits per heavy atom. The molecule has 4 rings (SSSR count). The summed E-state index contributed by atoms with van der Waals surface area (Å²) < 4.78 is 31.6. The summed E-state index contributed by atoms with van der Waals surface area (Å²) in [6.07, 6.45) is 14.9. The molecule has 2 heterocycles. The molecule has 0 spiro atoms. The number of anilines is 2. The Hall–Kier alpha value is -1.98. The van der Waals surface area contributed by atoms with Gasteiger partial charge in [-0.1, -0.05) is 36.6 Å². The molecule has 0 bridgehead atoms. The minimum atomic E-state index is -3.31. The number of halogens is 1. The Balaban J connectivity index is 1.45. The van der Waals surface area contributed by atoms with Crippen molar-refractivity contribution in [3.05, 3.63) is 46.3 Å². The molecule has 0 saturated heterocycles. The number of nitrogens with zero attached hydrogens (tertiary/aromatic N) is 3. The fraction of sp³-hybridized carbons (Fsp3) is 0.583. The fourth-order valence-electron chi connectivity index (χ4n) is 4.84. The largest absolute Gasteiger partial charge is 0.383 e. The van der Waals surface area contributed by atoms with Crippen LogP contribution in [0.4, 0.5) is 11.8 Å². The van der Waals surface area contributed by atoms with Crippen LogP contribution >= 0.6 is 11.6 Å². The maximum absolute atomic E-state index is 11.8. The summed E-state index contributed by atoms with van der Waals surface area (Å²) >= 11 is 6.40. The van der Waals surface area contributed by atoms with Crippen LogP contribution < -0.4 is 15.4 Å². The molecule has 0 unspecified atom stereocenters. The molecule has 3 aliphatic rings. The molecule has 0 radical (unpaired) electrons. The second-order valence-electron chi connectivity index (χ2n) is 9.37. The smallest absolute Gasteiger partial charge is 0.229 e. The maximum Gasteiger partial charge on any atom is 0.229 e. The van der Waals surface area contributed by atoms with Gasteiger partial charge in [-0.2, -0.15) is 4.98 Å². The van der Waals surface area contributed by atoms with E-state index < -0.39 is 10.0 Å². The van der Waals surface area contributed by atoms with Crippen molar-refractivity contribution < 1.29 is 13.2 Å². The first-order valence-corrected chi connectivity index (χ1v) is 14.4. The van der Waals surface area contributed by atoms with Crippen LogP contribution in [-0.4, -0.2) is 75.0 Å². The Morgan fingerprint density at radius 3 is 2.77 bits per heavy atom. The van der Waals surface area contributed by atoms with Crippen molar-refractivity contribution in [1.82, 2.24) is 19.6 Å². The molecule has 1 aliphatic heterocycles. The first-order chi connectivity index (χ1) is 16.8. The van der Waals surface area contributed by atoms with Gasteiger partial charge in [0.05, 0.1) is 19.1 Å². The monoisotopic (exact) mass is 522 g/mol. The predicted octanol–water partition coefficient (Wildman–Crippen LogP) is 3.31. The summed E-state index contributed by atoms with van der Waals surface area (Å²) in [5.74, 6) is 0.946. The standard InChI is InChI=1S/C24H35ClN6O3S/c1-34-13-12-31-11-5-6-17-9-10-19(14-18(17)16-31)27-24-26-15-20(25)23(29-24)28-21-7-3-4-8-22(21)30-35(2,32)33/h6,10,14-15,21-22,30H,3-5,7-9,11-13,16H2,1-2H3,(H2,26,27,28,29)/t21-,22-/m1/s1. The first-order valence-electron chi connectivity index (χ1n) is 12.2. The third kappa shape index (κ3) is 7.50. The Labute approximate surface area is 213 Å². The van der Waals surface area contributed by atoms with Crippen LogP contribution in [0.25, 0.3) is 0 Å². The van der Waals surface area contributed by atoms with Gasteiger partial charge in [-0.3, -0.25) is 4.90 Å². The van der Waals surface area contributed by atoms with Crippen LogP contribution in [0.5, 0.6) is 0 Å². The molecule has 9 nitrogen and oxygen atoms in total. The molecular formula is C24H35ClN6O3S. The number of hydrogen-bond donors (Lipinski definition) is 3. The number of nitrogens with one attached hydrogen (secondary N) is 3. The normalized spacial score (nSPS) is 23.5. The Kier molecular flexibility index (Phi) is 8.82. The van der Waals surface area contributed by atoms with E-state index in [2.05, 4.69) is 48.5 Å². The molecule has 1 aromatic heterocycles. The van der Waals surface area contributed by atoms with Crippen molar-refractivity contribution in [2.24, 2.45) is 0 Å². The zero-order valence-electron chi connectivity index (χ0n) is 20.4. The van der Waals surface area contributed by atoms with E-state index in [1.165, 1.54) is 17.4 Å². The highest BCUT2D eigenvalue weighted by Crippen LogP contribution is 2.29. The molecule has 11 heteroatoms. The summed E-state index contributed by atoms with van der Waals surface area (Å²) in [6, 6.07) is -0.292. The van der Waals surface area contributed by atoms with Crippen LogP contribution in [0.2, 0.25) is 5.02 Å². The highest BCUT2D eigenvalue weighted by atomic mass is 35.5. The Bertz CT molecular complexity index is 1100. The average molecular weight is 523 g/mol. The molecule has 192 valence electrons. The average Bonchev–Trinajstić information content (AvgIpc) is 3.01. The molecule has 1 aromatic rings. The van der Waals surface area contributed by atoms with Gasteiger partial charge in [-0.05, 0) is 42.9 Å². The topological polar surface area (TPSA) is 108 Å². The Morgan fingerprint density at radius 1 is 1.20 bits per heavy atom. The molecule has 0 amide bonds.